The predicted octanol–water partition coefficient (Wildman–Crippen LogP) is 4.25. The number of halogens is 4. The van der Waals surface area contributed by atoms with Crippen LogP contribution in [0.1, 0.15) is 34.5 Å². The van der Waals surface area contributed by atoms with Crippen molar-refractivity contribution in [2.75, 3.05) is 45.6 Å². The first kappa shape index (κ1) is 24.9. The van der Waals surface area contributed by atoms with Crippen LogP contribution < -0.4 is 5.32 Å². The molecule has 0 bridgehead atoms. The number of benzene rings is 1. The molecule has 1 fully saturated rings. The van der Waals surface area contributed by atoms with E-state index in [9.17, 15) is 18.0 Å². The molecular weight excluding hydrogens is 457 g/mol. The first-order valence-electron chi connectivity index (χ1n) is 10.4. The number of anilines is 1. The predicted molar refractivity (Wildman–Crippen MR) is 122 cm³/mol. The Kier molecular flexibility index (Phi) is 7.93. The van der Waals surface area contributed by atoms with E-state index < -0.39 is 17.8 Å². The van der Waals surface area contributed by atoms with Crippen LogP contribution in [0, 0.1) is 0 Å². The van der Waals surface area contributed by atoms with Gasteiger partial charge in [-0.1, -0.05) is 12.1 Å². The average molecular weight is 483 g/mol. The van der Waals surface area contributed by atoms with Crippen LogP contribution in [0.4, 0.5) is 19.0 Å². The van der Waals surface area contributed by atoms with Gasteiger partial charge in [-0.2, -0.15) is 18.2 Å². The second-order valence-electron chi connectivity index (χ2n) is 8.05. The molecule has 33 heavy (non-hydrogen) atoms. The molecule has 0 saturated carbocycles. The number of rotatable bonds is 4. The number of hydrogen-bond donors (Lipinski definition) is 1. The SMILES string of the molecule is CN1CCN(C)CC1.C[C@@H](Nc1nc(Cl)nn2cc(C=O)cc12)c1cccc(C(F)(F)F)c1. The Hall–Kier alpha value is -2.69. The van der Waals surface area contributed by atoms with E-state index in [0.717, 1.165) is 12.1 Å². The lowest BCUT2D eigenvalue weighted by Crippen LogP contribution is -2.42. The number of carbonyl (C=O) groups is 1. The molecule has 0 spiro atoms. The van der Waals surface area contributed by atoms with Gasteiger partial charge >= 0.3 is 6.18 Å². The van der Waals surface area contributed by atoms with Gasteiger partial charge in [0.05, 0.1) is 11.6 Å². The summed E-state index contributed by atoms with van der Waals surface area (Å²) in [4.78, 5) is 19.7. The number of aromatic nitrogens is 3. The quantitative estimate of drug-likeness (QED) is 0.561. The van der Waals surface area contributed by atoms with Gasteiger partial charge in [0.1, 0.15) is 5.52 Å². The summed E-state index contributed by atoms with van der Waals surface area (Å²) >= 11 is 5.87. The Morgan fingerprint density at radius 2 is 1.76 bits per heavy atom. The fourth-order valence-corrected chi connectivity index (χ4v) is 3.51. The molecule has 0 unspecified atom stereocenters. The van der Waals surface area contributed by atoms with Crippen molar-refractivity contribution in [2.45, 2.75) is 19.1 Å². The molecule has 1 aliphatic rings. The lowest BCUT2D eigenvalue weighted by atomic mass is 10.0. The molecular formula is C22H26ClF3N6O. The first-order valence-corrected chi connectivity index (χ1v) is 10.8. The maximum Gasteiger partial charge on any atom is 0.416 e. The summed E-state index contributed by atoms with van der Waals surface area (Å²) in [5.41, 5.74) is 0.581. The van der Waals surface area contributed by atoms with Crippen LogP contribution >= 0.6 is 11.6 Å². The monoisotopic (exact) mass is 482 g/mol. The molecule has 178 valence electrons. The third-order valence-electron chi connectivity index (χ3n) is 5.39. The molecule has 0 radical (unpaired) electrons. The smallest absolute Gasteiger partial charge is 0.362 e. The van der Waals surface area contributed by atoms with Crippen LogP contribution in [-0.2, 0) is 6.18 Å². The summed E-state index contributed by atoms with van der Waals surface area (Å²) in [6, 6.07) is 6.10. The highest BCUT2D eigenvalue weighted by Gasteiger charge is 2.30. The minimum Gasteiger partial charge on any atom is -0.362 e. The van der Waals surface area contributed by atoms with Gasteiger partial charge in [-0.15, -0.1) is 5.10 Å². The van der Waals surface area contributed by atoms with E-state index in [0.29, 0.717) is 28.7 Å². The topological polar surface area (TPSA) is 65.8 Å². The van der Waals surface area contributed by atoms with E-state index in [-0.39, 0.29) is 5.28 Å². The third kappa shape index (κ3) is 6.66. The van der Waals surface area contributed by atoms with E-state index in [1.807, 2.05) is 0 Å². The summed E-state index contributed by atoms with van der Waals surface area (Å²) in [6.07, 6.45) is -2.28. The molecule has 1 aliphatic heterocycles. The van der Waals surface area contributed by atoms with Gasteiger partial charge in [0.15, 0.2) is 12.1 Å². The lowest BCUT2D eigenvalue weighted by Gasteiger charge is -2.28. The molecule has 11 heteroatoms. The second kappa shape index (κ2) is 10.5. The van der Waals surface area contributed by atoms with Crippen molar-refractivity contribution in [3.63, 3.8) is 0 Å². The Balaban J connectivity index is 0.000000323. The number of hydrogen-bond acceptors (Lipinski definition) is 6. The van der Waals surface area contributed by atoms with Gasteiger partial charge < -0.3 is 15.1 Å². The van der Waals surface area contributed by atoms with Crippen molar-refractivity contribution in [1.82, 2.24) is 24.4 Å². The van der Waals surface area contributed by atoms with Crippen molar-refractivity contribution in [3.8, 4) is 0 Å². The summed E-state index contributed by atoms with van der Waals surface area (Å²) in [5.74, 6) is 0.318. The van der Waals surface area contributed by atoms with Crippen LogP contribution in [0.5, 0.6) is 0 Å². The van der Waals surface area contributed by atoms with Gasteiger partial charge in [0.25, 0.3) is 0 Å². The van der Waals surface area contributed by atoms with E-state index in [4.69, 9.17) is 11.6 Å². The highest BCUT2D eigenvalue weighted by molar-refractivity contribution is 6.28. The van der Waals surface area contributed by atoms with Crippen molar-refractivity contribution in [3.05, 3.63) is 58.5 Å². The van der Waals surface area contributed by atoms with Crippen molar-refractivity contribution >= 4 is 29.2 Å². The lowest BCUT2D eigenvalue weighted by molar-refractivity contribution is -0.137. The van der Waals surface area contributed by atoms with Gasteiger partial charge in [-0.3, -0.25) is 4.79 Å². The van der Waals surface area contributed by atoms with Gasteiger partial charge in [-0.05, 0) is 56.4 Å². The highest BCUT2D eigenvalue weighted by Crippen LogP contribution is 2.31. The Labute approximate surface area is 195 Å². The summed E-state index contributed by atoms with van der Waals surface area (Å²) in [7, 11) is 4.35. The molecule has 0 amide bonds. The number of piperazine rings is 1. The zero-order valence-corrected chi connectivity index (χ0v) is 19.4. The first-order chi connectivity index (χ1) is 15.6. The minimum absolute atomic E-state index is 0.0562. The number of fused-ring (bicyclic) bond motifs is 1. The molecule has 7 nitrogen and oxygen atoms in total. The fourth-order valence-electron chi connectivity index (χ4n) is 3.34. The normalized spacial score (nSPS) is 16.2. The molecule has 4 rings (SSSR count). The maximum absolute atomic E-state index is 12.9. The molecule has 1 aromatic carbocycles. The largest absolute Gasteiger partial charge is 0.416 e. The van der Waals surface area contributed by atoms with E-state index >= 15 is 0 Å². The van der Waals surface area contributed by atoms with Gasteiger partial charge in [0.2, 0.25) is 5.28 Å². The van der Waals surface area contributed by atoms with Crippen LogP contribution in [0.3, 0.4) is 0 Å². The maximum atomic E-state index is 12.9. The van der Waals surface area contributed by atoms with E-state index in [1.54, 1.807) is 19.1 Å². The van der Waals surface area contributed by atoms with Crippen LogP contribution in [-0.4, -0.2) is 71.0 Å². The zero-order valence-electron chi connectivity index (χ0n) is 18.6. The summed E-state index contributed by atoms with van der Waals surface area (Å²) in [6.45, 7) is 6.63. The summed E-state index contributed by atoms with van der Waals surface area (Å²) < 4.78 is 40.0. The van der Waals surface area contributed by atoms with E-state index in [2.05, 4.69) is 39.3 Å². The number of aldehydes is 1. The number of carbonyl (C=O) groups excluding carboxylic acids is 1. The zero-order chi connectivity index (χ0) is 24.2. The number of alkyl halides is 3. The number of likely N-dealkylation sites (N-methyl/N-ethyl adjacent to an activating group) is 2. The molecule has 1 N–H and O–H groups in total. The van der Waals surface area contributed by atoms with E-state index in [1.165, 1.54) is 43.0 Å². The number of nitrogens with one attached hydrogen (secondary N) is 1. The minimum atomic E-state index is -4.42. The Morgan fingerprint density at radius 3 is 2.33 bits per heavy atom. The van der Waals surface area contributed by atoms with Crippen LogP contribution in [0.2, 0.25) is 5.28 Å². The van der Waals surface area contributed by atoms with Crippen LogP contribution in [0.15, 0.2) is 36.5 Å². The van der Waals surface area contributed by atoms with Crippen LogP contribution in [0.25, 0.3) is 5.52 Å². The van der Waals surface area contributed by atoms with Crippen molar-refractivity contribution < 1.29 is 18.0 Å². The second-order valence-corrected chi connectivity index (χ2v) is 8.38. The van der Waals surface area contributed by atoms with Gasteiger partial charge in [-0.25, -0.2) is 4.52 Å². The summed E-state index contributed by atoms with van der Waals surface area (Å²) in [5, 5.41) is 6.92. The van der Waals surface area contributed by atoms with Crippen molar-refractivity contribution in [1.29, 1.82) is 0 Å². The molecule has 3 aromatic rings. The molecule has 0 aliphatic carbocycles. The molecule has 2 aromatic heterocycles. The Bertz CT molecular complexity index is 1090. The fraction of sp³-hybridized carbons (Fsp3) is 0.409. The highest BCUT2D eigenvalue weighted by atomic mass is 35.5. The molecule has 3 heterocycles. The number of nitrogens with zero attached hydrogens (tertiary/aromatic N) is 5. The Morgan fingerprint density at radius 1 is 1.12 bits per heavy atom. The van der Waals surface area contributed by atoms with Gasteiger partial charge in [0, 0.05) is 37.9 Å². The standard InChI is InChI=1S/C16H12ClF3N4O.C6H14N2/c1-9(11-3-2-4-12(6-11)16(18,19)20)21-14-13-5-10(8-25)7-24(13)23-15(17)22-14;1-7-3-5-8(2)6-4-7/h2-9H,1H3,(H,21,22,23);3-6H2,1-2H3/t9-;/m1./s1. The van der Waals surface area contributed by atoms with Crippen molar-refractivity contribution in [2.24, 2.45) is 0 Å². The third-order valence-corrected chi connectivity index (χ3v) is 5.55. The average Bonchev–Trinajstić information content (AvgIpc) is 3.19. The molecule has 1 saturated heterocycles. The molecule has 1 atom stereocenters.